The molecule has 43 heavy (non-hydrogen) atoms. The number of allylic oxidation sites excluding steroid dienone is 2. The van der Waals surface area contributed by atoms with E-state index in [0.29, 0.717) is 12.8 Å². The third kappa shape index (κ3) is 27.1. The second-order valence-corrected chi connectivity index (χ2v) is 12.9. The molecular formula is C37H73NO5. The van der Waals surface area contributed by atoms with Gasteiger partial charge in [0.15, 0.2) is 0 Å². The minimum atomic E-state index is -1.25. The van der Waals surface area contributed by atoms with E-state index in [2.05, 4.69) is 24.4 Å². The van der Waals surface area contributed by atoms with Gasteiger partial charge in [0.1, 0.15) is 12.2 Å². The van der Waals surface area contributed by atoms with Crippen molar-refractivity contribution in [1.82, 2.24) is 5.32 Å². The standard InChI is InChI=1S/C37H73NO5/c1-3-5-7-8-9-10-11-12-13-14-15-16-17-18-19-20-21-22-23-24-25-26-27-28-29-31-35(41)37(43)38-33(32-39)36(42)34(40)30-6-4-2/h18-19,33-36,39-42H,3-17,20-32H2,1-2H3,(H,38,43)/b19-18-. The van der Waals surface area contributed by atoms with Crippen LogP contribution < -0.4 is 5.32 Å². The lowest BCUT2D eigenvalue weighted by Gasteiger charge is -2.27. The highest BCUT2D eigenvalue weighted by Gasteiger charge is 2.28. The van der Waals surface area contributed by atoms with E-state index in [-0.39, 0.29) is 0 Å². The van der Waals surface area contributed by atoms with Gasteiger partial charge in [0, 0.05) is 0 Å². The molecule has 0 fully saturated rings. The zero-order chi connectivity index (χ0) is 31.8. The van der Waals surface area contributed by atoms with Crippen molar-refractivity contribution in [2.75, 3.05) is 6.61 Å². The molecule has 0 saturated heterocycles. The second kappa shape index (κ2) is 32.4. The first-order chi connectivity index (χ1) is 21.0. The van der Waals surface area contributed by atoms with Crippen molar-refractivity contribution in [3.05, 3.63) is 12.2 Å². The van der Waals surface area contributed by atoms with E-state index in [9.17, 15) is 25.2 Å². The lowest BCUT2D eigenvalue weighted by molar-refractivity contribution is -0.132. The van der Waals surface area contributed by atoms with E-state index in [4.69, 9.17) is 0 Å². The van der Waals surface area contributed by atoms with Gasteiger partial charge in [0.2, 0.25) is 5.91 Å². The highest BCUT2D eigenvalue weighted by Crippen LogP contribution is 2.15. The molecule has 1 amide bonds. The topological polar surface area (TPSA) is 110 Å². The number of hydrogen-bond donors (Lipinski definition) is 5. The molecule has 4 atom stereocenters. The van der Waals surface area contributed by atoms with Crippen LogP contribution in [0.5, 0.6) is 0 Å². The maximum Gasteiger partial charge on any atom is 0.249 e. The molecule has 0 aromatic heterocycles. The minimum absolute atomic E-state index is 0.366. The fourth-order valence-electron chi connectivity index (χ4n) is 5.68. The Hall–Kier alpha value is -0.950. The van der Waals surface area contributed by atoms with Gasteiger partial charge in [-0.05, 0) is 38.5 Å². The van der Waals surface area contributed by atoms with Gasteiger partial charge in [-0.2, -0.15) is 0 Å². The molecule has 6 nitrogen and oxygen atoms in total. The van der Waals surface area contributed by atoms with Crippen LogP contribution in [-0.4, -0.2) is 57.3 Å². The van der Waals surface area contributed by atoms with Crippen LogP contribution in [0.25, 0.3) is 0 Å². The van der Waals surface area contributed by atoms with Crippen LogP contribution in [0, 0.1) is 0 Å². The van der Waals surface area contributed by atoms with Gasteiger partial charge in [0.25, 0.3) is 0 Å². The van der Waals surface area contributed by atoms with Crippen LogP contribution in [-0.2, 0) is 4.79 Å². The molecule has 0 aliphatic rings. The monoisotopic (exact) mass is 612 g/mol. The predicted molar refractivity (Wildman–Crippen MR) is 182 cm³/mol. The number of rotatable bonds is 33. The lowest BCUT2D eigenvalue weighted by Crippen LogP contribution is -2.53. The van der Waals surface area contributed by atoms with Crippen molar-refractivity contribution in [3.8, 4) is 0 Å². The van der Waals surface area contributed by atoms with Crippen LogP contribution in [0.15, 0.2) is 12.2 Å². The Labute approximate surface area is 266 Å². The largest absolute Gasteiger partial charge is 0.394 e. The fourth-order valence-corrected chi connectivity index (χ4v) is 5.68. The van der Waals surface area contributed by atoms with Gasteiger partial charge in [-0.1, -0.05) is 161 Å². The maximum absolute atomic E-state index is 12.3. The molecule has 0 aromatic rings. The maximum atomic E-state index is 12.3. The van der Waals surface area contributed by atoms with Crippen molar-refractivity contribution in [1.29, 1.82) is 0 Å². The Morgan fingerprint density at radius 3 is 1.37 bits per heavy atom. The van der Waals surface area contributed by atoms with Crippen LogP contribution in [0.3, 0.4) is 0 Å². The average Bonchev–Trinajstić information content (AvgIpc) is 3.01. The molecule has 256 valence electrons. The molecule has 0 heterocycles. The predicted octanol–water partition coefficient (Wildman–Crippen LogP) is 8.67. The smallest absolute Gasteiger partial charge is 0.249 e. The van der Waals surface area contributed by atoms with Crippen LogP contribution in [0.4, 0.5) is 0 Å². The third-order valence-corrected chi connectivity index (χ3v) is 8.73. The number of aliphatic hydroxyl groups is 4. The molecule has 0 aliphatic heterocycles. The Kier molecular flexibility index (Phi) is 31.7. The number of carbonyl (C=O) groups excluding carboxylic acids is 1. The van der Waals surface area contributed by atoms with E-state index in [1.54, 1.807) is 0 Å². The molecule has 0 saturated carbocycles. The van der Waals surface area contributed by atoms with E-state index in [0.717, 1.165) is 32.1 Å². The summed E-state index contributed by atoms with van der Waals surface area (Å²) in [5.41, 5.74) is 0. The van der Waals surface area contributed by atoms with Gasteiger partial charge in [-0.25, -0.2) is 0 Å². The molecule has 4 unspecified atom stereocenters. The molecule has 0 bridgehead atoms. The first-order valence-electron chi connectivity index (χ1n) is 18.6. The fraction of sp³-hybridized carbons (Fsp3) is 0.919. The Bertz CT molecular complexity index is 614. The SMILES string of the molecule is CCCCCCCCCCCCCC/C=C\CCCCCCCCCCCC(O)C(=O)NC(CO)C(O)C(O)CCCC. The third-order valence-electron chi connectivity index (χ3n) is 8.73. The number of carbonyl (C=O) groups is 1. The lowest BCUT2D eigenvalue weighted by atomic mass is 10.0. The number of aliphatic hydroxyl groups excluding tert-OH is 4. The van der Waals surface area contributed by atoms with Crippen molar-refractivity contribution < 1.29 is 25.2 Å². The van der Waals surface area contributed by atoms with Crippen molar-refractivity contribution in [2.24, 2.45) is 0 Å². The van der Waals surface area contributed by atoms with E-state index in [1.165, 1.54) is 128 Å². The van der Waals surface area contributed by atoms with Crippen molar-refractivity contribution in [2.45, 2.75) is 212 Å². The summed E-state index contributed by atoms with van der Waals surface area (Å²) < 4.78 is 0. The normalized spacial score (nSPS) is 14.7. The molecule has 6 heteroatoms. The van der Waals surface area contributed by atoms with Crippen LogP contribution in [0.1, 0.15) is 187 Å². The Morgan fingerprint density at radius 2 is 0.953 bits per heavy atom. The van der Waals surface area contributed by atoms with E-state index < -0.39 is 36.9 Å². The highest BCUT2D eigenvalue weighted by atomic mass is 16.3. The molecule has 5 N–H and O–H groups in total. The molecular weight excluding hydrogens is 538 g/mol. The van der Waals surface area contributed by atoms with Crippen LogP contribution in [0.2, 0.25) is 0 Å². The van der Waals surface area contributed by atoms with Gasteiger partial charge in [-0.15, -0.1) is 0 Å². The van der Waals surface area contributed by atoms with E-state index in [1.807, 2.05) is 6.92 Å². The Morgan fingerprint density at radius 1 is 0.558 bits per heavy atom. The summed E-state index contributed by atoms with van der Waals surface area (Å²) in [6, 6.07) is -0.978. The summed E-state index contributed by atoms with van der Waals surface area (Å²) >= 11 is 0. The molecule has 0 aromatic carbocycles. The average molecular weight is 612 g/mol. The van der Waals surface area contributed by atoms with Crippen LogP contribution >= 0.6 is 0 Å². The Balaban J connectivity index is 3.51. The highest BCUT2D eigenvalue weighted by molar-refractivity contribution is 5.80. The summed E-state index contributed by atoms with van der Waals surface area (Å²) in [6.07, 6.45) is 33.6. The van der Waals surface area contributed by atoms with Gasteiger partial charge in [0.05, 0.1) is 18.8 Å². The van der Waals surface area contributed by atoms with Gasteiger partial charge < -0.3 is 25.7 Å². The first-order valence-corrected chi connectivity index (χ1v) is 18.6. The molecule has 0 radical (unpaired) electrons. The number of hydrogen-bond acceptors (Lipinski definition) is 5. The zero-order valence-corrected chi connectivity index (χ0v) is 28.5. The number of unbranched alkanes of at least 4 members (excludes halogenated alkanes) is 22. The second-order valence-electron chi connectivity index (χ2n) is 12.9. The van der Waals surface area contributed by atoms with Gasteiger partial charge >= 0.3 is 0 Å². The van der Waals surface area contributed by atoms with Gasteiger partial charge in [-0.3, -0.25) is 4.79 Å². The quantitative estimate of drug-likeness (QED) is 0.0377. The number of amides is 1. The van der Waals surface area contributed by atoms with E-state index >= 15 is 0 Å². The molecule has 0 aliphatic carbocycles. The summed E-state index contributed by atoms with van der Waals surface area (Å²) in [7, 11) is 0. The minimum Gasteiger partial charge on any atom is -0.394 e. The van der Waals surface area contributed by atoms with Crippen molar-refractivity contribution >= 4 is 5.91 Å². The zero-order valence-electron chi connectivity index (χ0n) is 28.5. The molecule has 0 rings (SSSR count). The van der Waals surface area contributed by atoms with Crippen molar-refractivity contribution in [3.63, 3.8) is 0 Å². The summed E-state index contributed by atoms with van der Waals surface area (Å²) in [5.74, 6) is -0.597. The number of nitrogens with one attached hydrogen (secondary N) is 1. The first kappa shape index (κ1) is 42.0. The summed E-state index contributed by atoms with van der Waals surface area (Å²) in [6.45, 7) is 3.78. The summed E-state index contributed by atoms with van der Waals surface area (Å²) in [5, 5.41) is 42.4. The summed E-state index contributed by atoms with van der Waals surface area (Å²) in [4.78, 5) is 12.3. The molecule has 0 spiro atoms.